The Morgan fingerprint density at radius 1 is 0.973 bits per heavy atom. The zero-order chi connectivity index (χ0) is 25.5. The van der Waals surface area contributed by atoms with Crippen molar-refractivity contribution in [2.45, 2.75) is 43.2 Å². The van der Waals surface area contributed by atoms with Crippen LogP contribution in [-0.4, -0.2) is 35.1 Å². The Bertz CT molecular complexity index is 1500. The van der Waals surface area contributed by atoms with Crippen LogP contribution in [0.4, 0.5) is 11.4 Å². The molecule has 2 fully saturated rings. The Morgan fingerprint density at radius 3 is 2.51 bits per heavy atom. The quantitative estimate of drug-likeness (QED) is 0.444. The molecule has 2 saturated heterocycles. The third-order valence-corrected chi connectivity index (χ3v) is 9.54. The van der Waals surface area contributed by atoms with Gasteiger partial charge in [0, 0.05) is 33.0 Å². The van der Waals surface area contributed by atoms with Crippen LogP contribution in [-0.2, 0) is 27.0 Å². The Morgan fingerprint density at radius 2 is 1.73 bits per heavy atom. The van der Waals surface area contributed by atoms with Crippen LogP contribution in [0.15, 0.2) is 71.2 Å². The smallest absolute Gasteiger partial charge is 0.251 e. The van der Waals surface area contributed by atoms with Gasteiger partial charge in [-0.1, -0.05) is 71.4 Å². The first-order valence-electron chi connectivity index (χ1n) is 12.9. The number of amides is 2. The number of nitrogens with zero attached hydrogens (tertiary/aromatic N) is 1. The zero-order valence-electron chi connectivity index (χ0n) is 20.4. The van der Waals surface area contributed by atoms with E-state index in [1.807, 2.05) is 54.6 Å². The summed E-state index contributed by atoms with van der Waals surface area (Å²) in [6.45, 7) is 2.71. The van der Waals surface area contributed by atoms with Crippen molar-refractivity contribution in [3.8, 4) is 0 Å². The summed E-state index contributed by atoms with van der Waals surface area (Å²) in [4.78, 5) is 45.7. The number of carbonyl (C=O) groups excluding carboxylic acids is 3. The molecule has 37 heavy (non-hydrogen) atoms. The molecule has 2 N–H and O–H groups in total. The molecular formula is C30H26BrN3O3. The van der Waals surface area contributed by atoms with Gasteiger partial charge in [-0.2, -0.15) is 0 Å². The van der Waals surface area contributed by atoms with Crippen molar-refractivity contribution in [2.24, 2.45) is 5.92 Å². The number of halogens is 1. The van der Waals surface area contributed by atoms with E-state index in [4.69, 9.17) is 0 Å². The molecule has 7 rings (SSSR count). The first-order valence-corrected chi connectivity index (χ1v) is 13.7. The van der Waals surface area contributed by atoms with E-state index >= 15 is 0 Å². The third kappa shape index (κ3) is 2.61. The van der Waals surface area contributed by atoms with Crippen molar-refractivity contribution in [3.63, 3.8) is 0 Å². The van der Waals surface area contributed by atoms with Crippen molar-refractivity contribution >= 4 is 44.9 Å². The number of Topliss-reactive ketones (excluding diaryl/α,β-unsaturated/α-hetero) is 1. The van der Waals surface area contributed by atoms with Crippen LogP contribution in [0.25, 0.3) is 0 Å². The van der Waals surface area contributed by atoms with E-state index in [2.05, 4.69) is 38.4 Å². The molecule has 0 bridgehead atoms. The van der Waals surface area contributed by atoms with E-state index in [9.17, 15) is 14.4 Å². The van der Waals surface area contributed by atoms with Gasteiger partial charge in [-0.25, -0.2) is 0 Å². The summed E-state index contributed by atoms with van der Waals surface area (Å²) in [5.41, 5.74) is 1.86. The second-order valence-corrected chi connectivity index (χ2v) is 11.3. The molecule has 2 amide bonds. The molecule has 4 heterocycles. The Balaban J connectivity index is 1.59. The highest BCUT2D eigenvalue weighted by Crippen LogP contribution is 2.68. The minimum absolute atomic E-state index is 0.0963. The summed E-state index contributed by atoms with van der Waals surface area (Å²) in [5.74, 6) is -1.31. The molecule has 3 aromatic carbocycles. The highest BCUT2D eigenvalue weighted by molar-refractivity contribution is 9.10. The molecule has 4 aliphatic heterocycles. The molecule has 0 saturated carbocycles. The summed E-state index contributed by atoms with van der Waals surface area (Å²) in [6, 6.07) is 20.6. The summed E-state index contributed by atoms with van der Waals surface area (Å²) < 4.78 is 0.879. The number of hydrogen-bond donors (Lipinski definition) is 2. The van der Waals surface area contributed by atoms with Crippen molar-refractivity contribution in [1.82, 2.24) is 4.90 Å². The van der Waals surface area contributed by atoms with Gasteiger partial charge in [-0.3, -0.25) is 19.3 Å². The maximum absolute atomic E-state index is 14.5. The van der Waals surface area contributed by atoms with Crippen LogP contribution < -0.4 is 10.6 Å². The van der Waals surface area contributed by atoms with Gasteiger partial charge in [0.2, 0.25) is 5.91 Å². The maximum atomic E-state index is 14.5. The lowest BCUT2D eigenvalue weighted by molar-refractivity contribution is -0.137. The number of benzene rings is 3. The minimum Gasteiger partial charge on any atom is -0.325 e. The van der Waals surface area contributed by atoms with E-state index in [1.54, 1.807) is 12.1 Å². The van der Waals surface area contributed by atoms with Crippen LogP contribution in [0.2, 0.25) is 0 Å². The van der Waals surface area contributed by atoms with Crippen LogP contribution >= 0.6 is 15.9 Å². The van der Waals surface area contributed by atoms with E-state index < -0.39 is 16.9 Å². The van der Waals surface area contributed by atoms with Gasteiger partial charge in [0.25, 0.3) is 5.91 Å². The monoisotopic (exact) mass is 555 g/mol. The summed E-state index contributed by atoms with van der Waals surface area (Å²) in [6.07, 6.45) is 2.37. The van der Waals surface area contributed by atoms with Crippen LogP contribution in [0.1, 0.15) is 46.8 Å². The normalized spacial score (nSPS) is 29.4. The number of anilines is 2. The molecule has 4 aliphatic rings. The lowest BCUT2D eigenvalue weighted by Crippen LogP contribution is -2.62. The van der Waals surface area contributed by atoms with Gasteiger partial charge in [-0.15, -0.1) is 0 Å². The number of carbonyl (C=O) groups is 3. The second-order valence-electron chi connectivity index (χ2n) is 10.4. The van der Waals surface area contributed by atoms with Gasteiger partial charge in [0.15, 0.2) is 5.78 Å². The molecule has 4 atom stereocenters. The zero-order valence-corrected chi connectivity index (χ0v) is 22.0. The molecule has 186 valence electrons. The maximum Gasteiger partial charge on any atom is 0.251 e. The molecule has 3 aromatic rings. The number of aryl methyl sites for hydroxylation is 1. The van der Waals surface area contributed by atoms with Gasteiger partial charge < -0.3 is 10.6 Å². The molecule has 0 aliphatic carbocycles. The number of nitrogens with one attached hydrogen (secondary N) is 2. The van der Waals surface area contributed by atoms with E-state index in [0.29, 0.717) is 17.8 Å². The average Bonchev–Trinajstić information content (AvgIpc) is 3.62. The van der Waals surface area contributed by atoms with Gasteiger partial charge in [-0.05, 0) is 55.1 Å². The second kappa shape index (κ2) is 7.85. The Kier molecular flexibility index (Phi) is 4.86. The number of rotatable bonds is 3. The molecular weight excluding hydrogens is 530 g/mol. The predicted octanol–water partition coefficient (Wildman–Crippen LogP) is 5.03. The standard InChI is InChI=1S/C30H26BrN3O3/c1-2-17-7-5-9-21-25(17)33-28(37)30(21)29(20-8-3-4-10-22(20)32-27(29)36)24(23-11-6-16-34(23)30)26(35)18-12-14-19(31)15-13-18/h3-5,7-10,12-15,23-24H,2,6,11,16H2,1H3,(H,32,36)(H,33,37)/t23-,24+,29-,30-/m1/s1. The minimum atomic E-state index is -1.40. The topological polar surface area (TPSA) is 78.5 Å². The van der Waals surface area contributed by atoms with Gasteiger partial charge in [0.1, 0.15) is 11.0 Å². The SMILES string of the molecule is CCc1cccc2c1NC(=O)[C@]21N2CCC[C@@H]2[C@@H](C(=O)c2ccc(Br)cc2)[C@]12C(=O)Nc1ccccc12. The number of para-hydroxylation sites is 2. The molecule has 0 unspecified atom stereocenters. The van der Waals surface area contributed by atoms with Crippen LogP contribution in [0, 0.1) is 5.92 Å². The van der Waals surface area contributed by atoms with Crippen LogP contribution in [0.3, 0.4) is 0 Å². The first-order chi connectivity index (χ1) is 18.0. The summed E-state index contributed by atoms with van der Waals surface area (Å²) in [7, 11) is 0. The van der Waals surface area contributed by atoms with Crippen molar-refractivity contribution in [1.29, 1.82) is 0 Å². The lowest BCUT2D eigenvalue weighted by Gasteiger charge is -2.43. The highest BCUT2D eigenvalue weighted by Gasteiger charge is 2.81. The van der Waals surface area contributed by atoms with Gasteiger partial charge >= 0.3 is 0 Å². The fourth-order valence-corrected chi connectivity index (χ4v) is 8.02. The number of hydrogen-bond acceptors (Lipinski definition) is 4. The predicted molar refractivity (Wildman–Crippen MR) is 145 cm³/mol. The van der Waals surface area contributed by atoms with Crippen molar-refractivity contribution in [2.75, 3.05) is 17.2 Å². The Hall–Kier alpha value is -3.29. The molecule has 0 radical (unpaired) electrons. The lowest BCUT2D eigenvalue weighted by atomic mass is 9.57. The van der Waals surface area contributed by atoms with E-state index in [0.717, 1.165) is 46.1 Å². The Labute approximate surface area is 223 Å². The van der Waals surface area contributed by atoms with Crippen molar-refractivity contribution < 1.29 is 14.4 Å². The third-order valence-electron chi connectivity index (χ3n) is 9.01. The fraction of sp³-hybridized carbons (Fsp3) is 0.300. The first kappa shape index (κ1) is 22.9. The molecule has 6 nitrogen and oxygen atoms in total. The van der Waals surface area contributed by atoms with E-state index in [1.165, 1.54) is 0 Å². The van der Waals surface area contributed by atoms with E-state index in [-0.39, 0.29) is 23.6 Å². The summed E-state index contributed by atoms with van der Waals surface area (Å²) in [5, 5.41) is 6.28. The molecule has 0 aromatic heterocycles. The summed E-state index contributed by atoms with van der Waals surface area (Å²) >= 11 is 3.47. The van der Waals surface area contributed by atoms with Crippen molar-refractivity contribution in [3.05, 3.63) is 93.5 Å². The van der Waals surface area contributed by atoms with Crippen LogP contribution in [0.5, 0.6) is 0 Å². The number of fused-ring (bicyclic) bond motifs is 7. The largest absolute Gasteiger partial charge is 0.325 e. The fourth-order valence-electron chi connectivity index (χ4n) is 7.75. The average molecular weight is 556 g/mol. The van der Waals surface area contributed by atoms with Gasteiger partial charge in [0.05, 0.1) is 5.92 Å². The highest BCUT2D eigenvalue weighted by atomic mass is 79.9. The molecule has 7 heteroatoms. The molecule has 2 spiro atoms. The number of ketones is 1.